The van der Waals surface area contributed by atoms with Crippen molar-refractivity contribution in [3.63, 3.8) is 0 Å². The van der Waals surface area contributed by atoms with E-state index in [-0.39, 0.29) is 11.9 Å². The van der Waals surface area contributed by atoms with Gasteiger partial charge in [-0.3, -0.25) is 9.69 Å². The molecule has 1 heterocycles. The minimum atomic E-state index is -0.186. The molecule has 1 atom stereocenters. The third-order valence-corrected chi connectivity index (χ3v) is 4.86. The summed E-state index contributed by atoms with van der Waals surface area (Å²) in [4.78, 5) is 18.7. The van der Waals surface area contributed by atoms with Crippen LogP contribution in [0.3, 0.4) is 0 Å². The molecule has 0 aliphatic rings. The fraction of sp³-hybridized carbons (Fsp3) is 0.429. The normalized spacial score (nSPS) is 12.8. The summed E-state index contributed by atoms with van der Waals surface area (Å²) in [6.45, 7) is 2.78. The summed E-state index contributed by atoms with van der Waals surface area (Å²) in [7, 11) is 1.96. The van der Waals surface area contributed by atoms with Crippen LogP contribution >= 0.6 is 23.1 Å². The van der Waals surface area contributed by atoms with Crippen LogP contribution in [0.5, 0.6) is 0 Å². The molecule has 0 radical (unpaired) electrons. The number of rotatable bonds is 6. The zero-order chi connectivity index (χ0) is 15.4. The van der Waals surface area contributed by atoms with E-state index in [4.69, 9.17) is 5.73 Å². The van der Waals surface area contributed by atoms with Crippen molar-refractivity contribution in [2.45, 2.75) is 13.0 Å². The average molecular weight is 324 g/mol. The number of carbonyl (C=O) groups excluding carboxylic acids is 1. The number of aromatic nitrogens is 1. The second kappa shape index (κ2) is 7.11. The molecular weight excluding hydrogens is 304 g/mol. The van der Waals surface area contributed by atoms with Crippen molar-refractivity contribution in [3.8, 4) is 0 Å². The summed E-state index contributed by atoms with van der Waals surface area (Å²) in [5.41, 5.74) is 7.31. The second-order valence-corrected chi connectivity index (χ2v) is 6.90. The molecule has 1 aromatic carbocycles. The van der Waals surface area contributed by atoms with Crippen LogP contribution < -0.4 is 11.1 Å². The Hall–Kier alpha value is -1.31. The van der Waals surface area contributed by atoms with Gasteiger partial charge in [-0.15, -0.1) is 0 Å². The predicted octanol–water partition coefficient (Wildman–Crippen LogP) is 2.50. The third kappa shape index (κ3) is 4.09. The molecule has 7 heteroatoms. The number of hydrogen-bond acceptors (Lipinski definition) is 6. The van der Waals surface area contributed by atoms with Gasteiger partial charge < -0.3 is 11.1 Å². The highest BCUT2D eigenvalue weighted by Crippen LogP contribution is 2.27. The molecule has 0 aliphatic heterocycles. The second-order valence-electron chi connectivity index (χ2n) is 4.88. The fourth-order valence-electron chi connectivity index (χ4n) is 1.83. The molecule has 0 aliphatic carbocycles. The maximum Gasteiger partial charge on any atom is 0.243 e. The lowest BCUT2D eigenvalue weighted by atomic mass is 10.3. The number of anilines is 2. The van der Waals surface area contributed by atoms with Crippen LogP contribution in [0.15, 0.2) is 18.2 Å². The van der Waals surface area contributed by atoms with Crippen molar-refractivity contribution in [2.75, 3.05) is 36.7 Å². The molecule has 0 bridgehead atoms. The van der Waals surface area contributed by atoms with Crippen LogP contribution in [-0.4, -0.2) is 47.4 Å². The van der Waals surface area contributed by atoms with E-state index in [2.05, 4.69) is 16.6 Å². The molecular formula is C14H20N4OS2. The minimum Gasteiger partial charge on any atom is -0.399 e. The first-order valence-corrected chi connectivity index (χ1v) is 8.88. The van der Waals surface area contributed by atoms with Gasteiger partial charge in [-0.2, -0.15) is 11.8 Å². The van der Waals surface area contributed by atoms with Crippen LogP contribution in [0.2, 0.25) is 0 Å². The molecule has 21 heavy (non-hydrogen) atoms. The van der Waals surface area contributed by atoms with Gasteiger partial charge >= 0.3 is 0 Å². The third-order valence-electron chi connectivity index (χ3n) is 3.33. The highest BCUT2D eigenvalue weighted by molar-refractivity contribution is 7.98. The van der Waals surface area contributed by atoms with Gasteiger partial charge in [0.05, 0.1) is 16.3 Å². The van der Waals surface area contributed by atoms with Crippen LogP contribution in [-0.2, 0) is 4.79 Å². The molecule has 0 fully saturated rings. The Kier molecular flexibility index (Phi) is 5.44. The van der Waals surface area contributed by atoms with Crippen LogP contribution in [0.25, 0.3) is 10.2 Å². The summed E-state index contributed by atoms with van der Waals surface area (Å²) in [5.74, 6) is 0.972. The number of amides is 1. The van der Waals surface area contributed by atoms with Crippen molar-refractivity contribution in [1.29, 1.82) is 0 Å². The zero-order valence-electron chi connectivity index (χ0n) is 12.4. The molecule has 1 amide bonds. The molecule has 1 unspecified atom stereocenters. The SMILES string of the molecule is CSCCN(C)C(C)C(=O)Nc1nc2ccc(N)cc2s1. The summed E-state index contributed by atoms with van der Waals surface area (Å²) in [6.07, 6.45) is 2.06. The van der Waals surface area contributed by atoms with Gasteiger partial charge in [0, 0.05) is 18.0 Å². The minimum absolute atomic E-state index is 0.0365. The van der Waals surface area contributed by atoms with E-state index < -0.39 is 0 Å². The predicted molar refractivity (Wildman–Crippen MR) is 93.1 cm³/mol. The molecule has 2 aromatic rings. The van der Waals surface area contributed by atoms with Gasteiger partial charge in [-0.25, -0.2) is 4.98 Å². The highest BCUT2D eigenvalue weighted by Gasteiger charge is 2.19. The van der Waals surface area contributed by atoms with Gasteiger partial charge in [0.15, 0.2) is 5.13 Å². The largest absolute Gasteiger partial charge is 0.399 e. The summed E-state index contributed by atoms with van der Waals surface area (Å²) >= 11 is 3.21. The van der Waals surface area contributed by atoms with Crippen LogP contribution in [0.4, 0.5) is 10.8 Å². The number of nitrogen functional groups attached to an aromatic ring is 1. The van der Waals surface area contributed by atoms with Crippen molar-refractivity contribution in [1.82, 2.24) is 9.88 Å². The molecule has 3 N–H and O–H groups in total. The molecule has 5 nitrogen and oxygen atoms in total. The Morgan fingerprint density at radius 2 is 2.33 bits per heavy atom. The van der Waals surface area contributed by atoms with Gasteiger partial charge in [0.2, 0.25) is 5.91 Å². The van der Waals surface area contributed by atoms with E-state index >= 15 is 0 Å². The Morgan fingerprint density at radius 3 is 3.05 bits per heavy atom. The molecule has 0 saturated heterocycles. The first-order valence-electron chi connectivity index (χ1n) is 6.67. The smallest absolute Gasteiger partial charge is 0.243 e. The maximum absolute atomic E-state index is 12.2. The molecule has 114 valence electrons. The monoisotopic (exact) mass is 324 g/mol. The van der Waals surface area contributed by atoms with Gasteiger partial charge in [-0.05, 0) is 38.4 Å². The Morgan fingerprint density at radius 1 is 1.57 bits per heavy atom. The Labute approximate surface area is 132 Å². The number of nitrogens with zero attached hydrogens (tertiary/aromatic N) is 2. The van der Waals surface area contributed by atoms with E-state index in [0.29, 0.717) is 10.8 Å². The zero-order valence-corrected chi connectivity index (χ0v) is 14.1. The van der Waals surface area contributed by atoms with Crippen LogP contribution in [0.1, 0.15) is 6.92 Å². The average Bonchev–Trinajstić information content (AvgIpc) is 2.84. The van der Waals surface area contributed by atoms with E-state index in [1.165, 1.54) is 11.3 Å². The van der Waals surface area contributed by atoms with Crippen molar-refractivity contribution in [2.24, 2.45) is 0 Å². The number of carbonyl (C=O) groups is 1. The lowest BCUT2D eigenvalue weighted by molar-refractivity contribution is -0.120. The molecule has 0 saturated carbocycles. The number of likely N-dealkylation sites (N-methyl/N-ethyl adjacent to an activating group) is 1. The van der Waals surface area contributed by atoms with E-state index in [1.54, 1.807) is 11.8 Å². The van der Waals surface area contributed by atoms with Crippen molar-refractivity contribution in [3.05, 3.63) is 18.2 Å². The first-order chi connectivity index (χ1) is 10.0. The lowest BCUT2D eigenvalue weighted by Gasteiger charge is -2.22. The molecule has 2 rings (SSSR count). The number of hydrogen-bond donors (Lipinski definition) is 2. The Balaban J connectivity index is 2.03. The van der Waals surface area contributed by atoms with Crippen LogP contribution in [0, 0.1) is 0 Å². The summed E-state index contributed by atoms with van der Waals surface area (Å²) in [6, 6.07) is 5.36. The van der Waals surface area contributed by atoms with Gasteiger partial charge in [-0.1, -0.05) is 11.3 Å². The maximum atomic E-state index is 12.2. The number of thioether (sulfide) groups is 1. The Bertz CT molecular complexity index is 628. The number of nitrogens with one attached hydrogen (secondary N) is 1. The lowest BCUT2D eigenvalue weighted by Crippen LogP contribution is -2.40. The molecule has 1 aromatic heterocycles. The van der Waals surface area contributed by atoms with E-state index in [1.807, 2.05) is 37.1 Å². The molecule has 0 spiro atoms. The van der Waals surface area contributed by atoms with E-state index in [9.17, 15) is 4.79 Å². The standard InChI is InChI=1S/C14H20N4OS2/c1-9(18(2)6-7-20-3)13(19)17-14-16-11-5-4-10(15)8-12(11)21-14/h4-5,8-9H,6-7,15H2,1-3H3,(H,16,17,19). The van der Waals surface area contributed by atoms with Crippen molar-refractivity contribution >= 4 is 50.0 Å². The van der Waals surface area contributed by atoms with Crippen molar-refractivity contribution < 1.29 is 4.79 Å². The first kappa shape index (κ1) is 16.1. The fourth-order valence-corrected chi connectivity index (χ4v) is 3.22. The summed E-state index contributed by atoms with van der Waals surface area (Å²) in [5, 5.41) is 3.50. The number of nitrogens with two attached hydrogens (primary N) is 1. The summed E-state index contributed by atoms with van der Waals surface area (Å²) < 4.78 is 0.980. The number of fused-ring (bicyclic) bond motifs is 1. The van der Waals surface area contributed by atoms with Gasteiger partial charge in [0.25, 0.3) is 0 Å². The topological polar surface area (TPSA) is 71.2 Å². The number of benzene rings is 1. The quantitative estimate of drug-likeness (QED) is 0.799. The van der Waals surface area contributed by atoms with E-state index in [0.717, 1.165) is 22.5 Å². The van der Waals surface area contributed by atoms with Gasteiger partial charge in [0.1, 0.15) is 0 Å². The highest BCUT2D eigenvalue weighted by atomic mass is 32.2. The number of thiazole rings is 1.